The van der Waals surface area contributed by atoms with Crippen LogP contribution in [0.15, 0.2) is 17.2 Å². The van der Waals surface area contributed by atoms with E-state index in [0.29, 0.717) is 30.5 Å². The highest BCUT2D eigenvalue weighted by molar-refractivity contribution is 7.89. The minimum Gasteiger partial charge on any atom is -0.377 e. The van der Waals surface area contributed by atoms with Crippen molar-refractivity contribution in [2.45, 2.75) is 50.1 Å². The van der Waals surface area contributed by atoms with E-state index in [-0.39, 0.29) is 12.1 Å². The van der Waals surface area contributed by atoms with E-state index in [4.69, 9.17) is 16.3 Å². The maximum Gasteiger partial charge on any atom is 0.244 e. The van der Waals surface area contributed by atoms with Crippen LogP contribution in [-0.4, -0.2) is 43.1 Å². The minimum absolute atomic E-state index is 0.0815. The quantitative estimate of drug-likeness (QED) is 0.795. The zero-order valence-electron chi connectivity index (χ0n) is 12.8. The molecule has 21 heavy (non-hydrogen) atoms. The van der Waals surface area contributed by atoms with Gasteiger partial charge in [-0.25, -0.2) is 8.42 Å². The van der Waals surface area contributed by atoms with Gasteiger partial charge in [-0.15, -0.1) is 11.6 Å². The van der Waals surface area contributed by atoms with Crippen molar-refractivity contribution >= 4 is 21.6 Å². The Hall–Kier alpha value is -0.560. The van der Waals surface area contributed by atoms with Crippen molar-refractivity contribution in [1.82, 2.24) is 8.87 Å². The van der Waals surface area contributed by atoms with E-state index in [1.807, 2.05) is 25.3 Å². The summed E-state index contributed by atoms with van der Waals surface area (Å²) in [5.74, 6) is 0.299. The Labute approximate surface area is 131 Å². The summed E-state index contributed by atoms with van der Waals surface area (Å²) >= 11 is 5.93. The van der Waals surface area contributed by atoms with E-state index in [9.17, 15) is 8.42 Å². The number of hydrogen-bond donors (Lipinski definition) is 0. The molecular weight excluding hydrogens is 312 g/mol. The fourth-order valence-electron chi connectivity index (χ4n) is 2.55. The maximum absolute atomic E-state index is 12.8. The normalized spacial score (nSPS) is 21.7. The summed E-state index contributed by atoms with van der Waals surface area (Å²) in [6.07, 6.45) is 2.33. The molecule has 0 spiro atoms. The van der Waals surface area contributed by atoms with Crippen LogP contribution in [0.5, 0.6) is 0 Å². The summed E-state index contributed by atoms with van der Waals surface area (Å²) in [4.78, 5) is 0.320. The molecule has 0 aliphatic carbocycles. The average Bonchev–Trinajstić information content (AvgIpc) is 2.75. The van der Waals surface area contributed by atoms with Crippen molar-refractivity contribution in [1.29, 1.82) is 0 Å². The van der Waals surface area contributed by atoms with Crippen molar-refractivity contribution in [3.05, 3.63) is 18.0 Å². The van der Waals surface area contributed by atoms with Gasteiger partial charge in [-0.05, 0) is 33.3 Å². The third kappa shape index (κ3) is 3.62. The van der Waals surface area contributed by atoms with Crippen molar-refractivity contribution in [3.63, 3.8) is 0 Å². The van der Waals surface area contributed by atoms with Crippen LogP contribution >= 0.6 is 11.6 Å². The van der Waals surface area contributed by atoms with Crippen LogP contribution in [0.3, 0.4) is 0 Å². The molecule has 1 aromatic rings. The fraction of sp³-hybridized carbons (Fsp3) is 0.714. The Balaban J connectivity index is 2.34. The summed E-state index contributed by atoms with van der Waals surface area (Å²) in [6, 6.07) is 1.85. The first-order valence-electron chi connectivity index (χ1n) is 7.24. The smallest absolute Gasteiger partial charge is 0.244 e. The van der Waals surface area contributed by atoms with Crippen LogP contribution < -0.4 is 0 Å². The van der Waals surface area contributed by atoms with Crippen LogP contribution in [0.4, 0.5) is 0 Å². The average molecular weight is 335 g/mol. The van der Waals surface area contributed by atoms with Crippen molar-refractivity contribution < 1.29 is 13.2 Å². The Morgan fingerprint density at radius 1 is 1.48 bits per heavy atom. The van der Waals surface area contributed by atoms with Crippen molar-refractivity contribution in [3.8, 4) is 0 Å². The second-order valence-electron chi connectivity index (χ2n) is 5.70. The highest BCUT2D eigenvalue weighted by Crippen LogP contribution is 2.24. The van der Waals surface area contributed by atoms with Crippen LogP contribution in [0.1, 0.15) is 38.9 Å². The van der Waals surface area contributed by atoms with Crippen LogP contribution in [0.25, 0.3) is 0 Å². The lowest BCUT2D eigenvalue weighted by atomic mass is 10.4. The maximum atomic E-state index is 12.8. The Kier molecular flexibility index (Phi) is 5.35. The number of rotatable bonds is 4. The van der Waals surface area contributed by atoms with Gasteiger partial charge in [-0.2, -0.15) is 4.31 Å². The molecule has 1 saturated heterocycles. The molecule has 1 fully saturated rings. The van der Waals surface area contributed by atoms with Gasteiger partial charge < -0.3 is 9.30 Å². The van der Waals surface area contributed by atoms with Gasteiger partial charge in [-0.3, -0.25) is 0 Å². The Morgan fingerprint density at radius 3 is 2.76 bits per heavy atom. The number of nitrogens with zero attached hydrogens (tertiary/aromatic N) is 2. The second kappa shape index (κ2) is 6.69. The number of hydrogen-bond acceptors (Lipinski definition) is 3. The van der Waals surface area contributed by atoms with E-state index in [2.05, 4.69) is 0 Å². The van der Waals surface area contributed by atoms with E-state index < -0.39 is 10.0 Å². The first-order valence-corrected chi connectivity index (χ1v) is 9.22. The number of ether oxygens (including phenoxy) is 1. The molecule has 5 nitrogen and oxygen atoms in total. The fourth-order valence-corrected chi connectivity index (χ4v) is 4.37. The van der Waals surface area contributed by atoms with Crippen molar-refractivity contribution in [2.24, 2.45) is 0 Å². The molecular formula is C14H23ClN2O3S. The lowest BCUT2D eigenvalue weighted by molar-refractivity contribution is 0.0752. The monoisotopic (exact) mass is 334 g/mol. The molecule has 1 aliphatic rings. The molecule has 1 aliphatic heterocycles. The van der Waals surface area contributed by atoms with Crippen LogP contribution in [0.2, 0.25) is 0 Å². The zero-order chi connectivity index (χ0) is 15.6. The summed E-state index contributed by atoms with van der Waals surface area (Å²) in [5.41, 5.74) is 0.823. The topological polar surface area (TPSA) is 51.5 Å². The predicted molar refractivity (Wildman–Crippen MR) is 83.2 cm³/mol. The van der Waals surface area contributed by atoms with Gasteiger partial charge in [0.05, 0.1) is 12.0 Å². The molecule has 0 radical (unpaired) electrons. The minimum atomic E-state index is -3.49. The summed E-state index contributed by atoms with van der Waals surface area (Å²) < 4.78 is 34.6. The molecule has 1 unspecified atom stereocenters. The van der Waals surface area contributed by atoms with Gasteiger partial charge in [0.25, 0.3) is 0 Å². The highest BCUT2D eigenvalue weighted by atomic mass is 35.5. The van der Waals surface area contributed by atoms with Crippen LogP contribution in [-0.2, 0) is 20.6 Å². The van der Waals surface area contributed by atoms with Gasteiger partial charge in [0.2, 0.25) is 10.0 Å². The molecule has 2 heterocycles. The number of aromatic nitrogens is 1. The van der Waals surface area contributed by atoms with Gasteiger partial charge in [0.15, 0.2) is 0 Å². The first kappa shape index (κ1) is 16.8. The van der Waals surface area contributed by atoms with Gasteiger partial charge >= 0.3 is 0 Å². The van der Waals surface area contributed by atoms with E-state index >= 15 is 0 Å². The van der Waals surface area contributed by atoms with Crippen LogP contribution in [0, 0.1) is 0 Å². The molecule has 0 saturated carbocycles. The summed E-state index contributed by atoms with van der Waals surface area (Å²) in [7, 11) is -3.49. The van der Waals surface area contributed by atoms with Gasteiger partial charge in [-0.1, -0.05) is 0 Å². The van der Waals surface area contributed by atoms with Crippen molar-refractivity contribution in [2.75, 3.05) is 19.7 Å². The molecule has 0 N–H and O–H groups in total. The number of alkyl halides is 1. The third-order valence-electron chi connectivity index (χ3n) is 3.65. The van der Waals surface area contributed by atoms with E-state index in [1.165, 1.54) is 4.31 Å². The zero-order valence-corrected chi connectivity index (χ0v) is 14.3. The van der Waals surface area contributed by atoms with E-state index in [1.54, 1.807) is 12.3 Å². The molecule has 120 valence electrons. The lowest BCUT2D eigenvalue weighted by Crippen LogP contribution is -2.35. The van der Waals surface area contributed by atoms with E-state index in [0.717, 1.165) is 12.1 Å². The molecule has 7 heteroatoms. The third-order valence-corrected chi connectivity index (χ3v) is 5.76. The molecule has 1 aromatic heterocycles. The Morgan fingerprint density at radius 2 is 2.19 bits per heavy atom. The number of halogens is 1. The largest absolute Gasteiger partial charge is 0.377 e. The SMILES string of the molecule is CC1CN(S(=O)(=O)c2cc(CCl)n(C(C)C)c2)CCCO1. The molecule has 0 amide bonds. The molecule has 0 bridgehead atoms. The predicted octanol–water partition coefficient (Wildman–Crippen LogP) is 2.61. The summed E-state index contributed by atoms with van der Waals surface area (Å²) in [6.45, 7) is 7.41. The molecule has 2 rings (SSSR count). The highest BCUT2D eigenvalue weighted by Gasteiger charge is 2.29. The molecule has 1 atom stereocenters. The second-order valence-corrected chi connectivity index (χ2v) is 7.91. The first-order chi connectivity index (χ1) is 9.86. The summed E-state index contributed by atoms with van der Waals surface area (Å²) in [5, 5.41) is 0. The lowest BCUT2D eigenvalue weighted by Gasteiger charge is -2.21. The molecule has 0 aromatic carbocycles. The van der Waals surface area contributed by atoms with Gasteiger partial charge in [0.1, 0.15) is 4.90 Å². The van der Waals surface area contributed by atoms with Gasteiger partial charge in [0, 0.05) is 37.6 Å². The Bertz CT molecular complexity index is 583. The standard InChI is InChI=1S/C14H23ClN2O3S/c1-11(2)17-10-14(7-13(17)8-15)21(18,19)16-5-4-6-20-12(3)9-16/h7,10-12H,4-6,8-9H2,1-3H3. The number of sulfonamides is 1.